The smallest absolute Gasteiger partial charge is 0.152 e. The fraction of sp³-hybridized carbons (Fsp3) is 0.250. The largest absolute Gasteiger partial charge is 0.389 e. The van der Waals surface area contributed by atoms with Gasteiger partial charge in [0.2, 0.25) is 0 Å². The van der Waals surface area contributed by atoms with E-state index in [9.17, 15) is 0 Å². The number of hydrogen-bond donors (Lipinski definition) is 1. The highest BCUT2D eigenvalue weighted by molar-refractivity contribution is 8.01. The fourth-order valence-electron chi connectivity index (χ4n) is 1.42. The van der Waals surface area contributed by atoms with Crippen LogP contribution in [0, 0.1) is 6.92 Å². The van der Waals surface area contributed by atoms with Gasteiger partial charge in [0.1, 0.15) is 10.7 Å². The first kappa shape index (κ1) is 11.5. The molecule has 0 atom stereocenters. The number of thioether (sulfide) groups is 1. The molecule has 1 heterocycles. The van der Waals surface area contributed by atoms with Gasteiger partial charge in [0.25, 0.3) is 0 Å². The number of aromatic nitrogens is 1. The maximum absolute atomic E-state index is 5.98. The molecule has 0 saturated carbocycles. The van der Waals surface area contributed by atoms with Crippen molar-refractivity contribution in [3.8, 4) is 11.3 Å². The second-order valence-corrected chi connectivity index (χ2v) is 6.03. The first-order valence-electron chi connectivity index (χ1n) is 5.17. The summed E-state index contributed by atoms with van der Waals surface area (Å²) in [5, 5.41) is 0.805. The van der Waals surface area contributed by atoms with Crippen LogP contribution in [0.5, 0.6) is 0 Å². The molecule has 16 heavy (non-hydrogen) atoms. The Bertz CT molecular complexity index is 474. The molecule has 0 spiro atoms. The van der Waals surface area contributed by atoms with Gasteiger partial charge in [-0.3, -0.25) is 0 Å². The number of nitrogens with zero attached hydrogens (tertiary/aromatic N) is 1. The molecular weight excluding hydrogens is 236 g/mol. The predicted octanol–water partition coefficient (Wildman–Crippen LogP) is 3.81. The number of rotatable bonds is 3. The normalized spacial score (nSPS) is 10.6. The molecule has 2 N–H and O–H groups in total. The minimum atomic E-state index is 0.805. The van der Waals surface area contributed by atoms with Crippen LogP contribution in [0.1, 0.15) is 12.5 Å². The van der Waals surface area contributed by atoms with E-state index in [1.807, 2.05) is 0 Å². The van der Waals surface area contributed by atoms with E-state index >= 15 is 0 Å². The molecule has 0 saturated heterocycles. The quantitative estimate of drug-likeness (QED) is 0.842. The van der Waals surface area contributed by atoms with Gasteiger partial charge in [-0.2, -0.15) is 0 Å². The Morgan fingerprint density at radius 3 is 2.62 bits per heavy atom. The molecule has 0 radical (unpaired) electrons. The summed E-state index contributed by atoms with van der Waals surface area (Å²) < 4.78 is 1.05. The number of nitrogen functional groups attached to an aromatic ring is 1. The van der Waals surface area contributed by atoms with Gasteiger partial charge in [-0.1, -0.05) is 59.9 Å². The van der Waals surface area contributed by atoms with Crippen LogP contribution in [0.25, 0.3) is 11.3 Å². The van der Waals surface area contributed by atoms with Crippen molar-refractivity contribution in [2.45, 2.75) is 18.2 Å². The van der Waals surface area contributed by atoms with Gasteiger partial charge in [0.15, 0.2) is 4.34 Å². The van der Waals surface area contributed by atoms with E-state index in [0.717, 1.165) is 26.4 Å². The number of hydrogen-bond acceptors (Lipinski definition) is 4. The lowest BCUT2D eigenvalue weighted by Gasteiger charge is -1.98. The minimum Gasteiger partial charge on any atom is -0.389 e. The molecule has 4 heteroatoms. The number of anilines is 1. The second-order valence-electron chi connectivity index (χ2n) is 3.49. The Labute approximate surface area is 104 Å². The molecule has 0 bridgehead atoms. The molecule has 1 aromatic carbocycles. The van der Waals surface area contributed by atoms with Gasteiger partial charge in [0, 0.05) is 5.56 Å². The van der Waals surface area contributed by atoms with Crippen LogP contribution in [-0.4, -0.2) is 10.7 Å². The molecule has 0 unspecified atom stereocenters. The number of aryl methyl sites for hydroxylation is 1. The van der Waals surface area contributed by atoms with Gasteiger partial charge in [0.05, 0.1) is 0 Å². The van der Waals surface area contributed by atoms with Crippen molar-refractivity contribution >= 4 is 28.1 Å². The van der Waals surface area contributed by atoms with E-state index < -0.39 is 0 Å². The van der Waals surface area contributed by atoms with Gasteiger partial charge in [-0.05, 0) is 12.7 Å². The van der Waals surface area contributed by atoms with Crippen molar-refractivity contribution in [2.24, 2.45) is 0 Å². The third-order valence-electron chi connectivity index (χ3n) is 2.23. The number of thiazole rings is 1. The molecule has 0 amide bonds. The predicted molar refractivity (Wildman–Crippen MR) is 73.1 cm³/mol. The SMILES string of the molecule is CCSc1nc(-c2ccc(C)cc2)c(N)s1. The Morgan fingerprint density at radius 2 is 2.00 bits per heavy atom. The number of nitrogens with two attached hydrogens (primary N) is 1. The van der Waals surface area contributed by atoms with E-state index in [-0.39, 0.29) is 0 Å². The Hall–Kier alpha value is -1.00. The van der Waals surface area contributed by atoms with Crippen molar-refractivity contribution in [1.82, 2.24) is 4.98 Å². The number of benzene rings is 1. The molecule has 1 aromatic heterocycles. The van der Waals surface area contributed by atoms with Crippen molar-refractivity contribution in [1.29, 1.82) is 0 Å². The first-order valence-corrected chi connectivity index (χ1v) is 6.97. The van der Waals surface area contributed by atoms with Crippen LogP contribution < -0.4 is 5.73 Å². The summed E-state index contributed by atoms with van der Waals surface area (Å²) in [6, 6.07) is 8.31. The van der Waals surface area contributed by atoms with Gasteiger partial charge in [-0.15, -0.1) is 0 Å². The third kappa shape index (κ3) is 2.39. The molecule has 0 aliphatic heterocycles. The lowest BCUT2D eigenvalue weighted by atomic mass is 10.1. The van der Waals surface area contributed by atoms with Crippen LogP contribution in [0.2, 0.25) is 0 Å². The third-order valence-corrected chi connectivity index (χ3v) is 4.14. The zero-order valence-electron chi connectivity index (χ0n) is 9.36. The molecule has 2 aromatic rings. The average Bonchev–Trinajstić information content (AvgIpc) is 2.61. The lowest BCUT2D eigenvalue weighted by Crippen LogP contribution is -1.85. The molecule has 2 rings (SSSR count). The van der Waals surface area contributed by atoms with Crippen LogP contribution in [0.4, 0.5) is 5.00 Å². The summed E-state index contributed by atoms with van der Waals surface area (Å²) >= 11 is 3.30. The van der Waals surface area contributed by atoms with E-state index in [4.69, 9.17) is 5.73 Å². The summed E-state index contributed by atoms with van der Waals surface area (Å²) in [6.45, 7) is 4.19. The minimum absolute atomic E-state index is 0.805. The summed E-state index contributed by atoms with van der Waals surface area (Å²) in [5.41, 5.74) is 9.25. The van der Waals surface area contributed by atoms with Crippen LogP contribution in [0.3, 0.4) is 0 Å². The van der Waals surface area contributed by atoms with Crippen molar-refractivity contribution < 1.29 is 0 Å². The maximum atomic E-state index is 5.98. The highest BCUT2D eigenvalue weighted by Gasteiger charge is 2.10. The molecule has 0 fully saturated rings. The molecule has 2 nitrogen and oxygen atoms in total. The van der Waals surface area contributed by atoms with Crippen LogP contribution >= 0.6 is 23.1 Å². The lowest BCUT2D eigenvalue weighted by molar-refractivity contribution is 1.25. The average molecular weight is 250 g/mol. The fourth-order valence-corrected chi connectivity index (χ4v) is 3.26. The van der Waals surface area contributed by atoms with Crippen molar-refractivity contribution in [3.63, 3.8) is 0 Å². The summed E-state index contributed by atoms with van der Waals surface area (Å²) in [5.74, 6) is 1.03. The molecule has 0 aliphatic carbocycles. The first-order chi connectivity index (χ1) is 7.70. The summed E-state index contributed by atoms with van der Waals surface area (Å²) in [6.07, 6.45) is 0. The van der Waals surface area contributed by atoms with Gasteiger partial charge in [-0.25, -0.2) is 4.98 Å². The Kier molecular flexibility index (Phi) is 3.51. The van der Waals surface area contributed by atoms with Gasteiger partial charge >= 0.3 is 0 Å². The van der Waals surface area contributed by atoms with Crippen LogP contribution in [0.15, 0.2) is 28.6 Å². The zero-order valence-corrected chi connectivity index (χ0v) is 11.0. The van der Waals surface area contributed by atoms with Gasteiger partial charge < -0.3 is 5.73 Å². The van der Waals surface area contributed by atoms with E-state index in [0.29, 0.717) is 0 Å². The summed E-state index contributed by atoms with van der Waals surface area (Å²) in [4.78, 5) is 4.56. The Balaban J connectivity index is 2.36. The Morgan fingerprint density at radius 1 is 1.31 bits per heavy atom. The second kappa shape index (κ2) is 4.89. The van der Waals surface area contributed by atoms with Crippen molar-refractivity contribution in [3.05, 3.63) is 29.8 Å². The monoisotopic (exact) mass is 250 g/mol. The zero-order chi connectivity index (χ0) is 11.5. The van der Waals surface area contributed by atoms with E-state index in [1.165, 1.54) is 5.56 Å². The highest BCUT2D eigenvalue weighted by Crippen LogP contribution is 2.35. The standard InChI is InChI=1S/C12H14N2S2/c1-3-15-12-14-10(11(13)16-12)9-6-4-8(2)5-7-9/h4-7H,3,13H2,1-2H3. The molecule has 84 valence electrons. The highest BCUT2D eigenvalue weighted by atomic mass is 32.2. The summed E-state index contributed by atoms with van der Waals surface area (Å²) in [7, 11) is 0. The van der Waals surface area contributed by atoms with E-state index in [2.05, 4.69) is 43.1 Å². The topological polar surface area (TPSA) is 38.9 Å². The van der Waals surface area contributed by atoms with Crippen molar-refractivity contribution in [2.75, 3.05) is 11.5 Å². The molecular formula is C12H14N2S2. The van der Waals surface area contributed by atoms with E-state index in [1.54, 1.807) is 23.1 Å². The van der Waals surface area contributed by atoms with Crippen LogP contribution in [-0.2, 0) is 0 Å². The maximum Gasteiger partial charge on any atom is 0.152 e. The molecule has 0 aliphatic rings.